The summed E-state index contributed by atoms with van der Waals surface area (Å²) in [5.41, 5.74) is -0.397. The highest BCUT2D eigenvalue weighted by atomic mass is 19.4. The summed E-state index contributed by atoms with van der Waals surface area (Å²) in [5, 5.41) is 17.0. The molecule has 0 bridgehead atoms. The normalized spacial score (nSPS) is 11.4. The topological polar surface area (TPSA) is 143 Å². The highest BCUT2D eigenvalue weighted by Crippen LogP contribution is 2.33. The number of benzene rings is 3. The number of carboxylic acid groups (broad SMARTS) is 1. The standard InChI is InChI=1S/C23H14F5N3O3.C16H8F5N3O3/c24-16-6-15(7-19(9-16)34-23(26,27)28)21-10-20(22(32)33-13-14-4-2-1-3-5-14)30-31(21)18-8-17(25)11-29-12-18;17-9-1-8(2-12(4-9)27-16(19,20)21)14-5-13(15(25)26)23-24(14)11-3-10(18)6-22-7-11/h1-12H,13H2;1-7H,(H,25,26). The molecule has 0 unspecified atom stereocenters. The number of aromatic nitrogens is 6. The molecule has 1 N–H and O–H groups in total. The smallest absolute Gasteiger partial charge is 0.476 e. The van der Waals surface area contributed by atoms with Crippen LogP contribution in [-0.2, 0) is 11.3 Å². The van der Waals surface area contributed by atoms with Gasteiger partial charge >= 0.3 is 24.7 Å². The van der Waals surface area contributed by atoms with Crippen LogP contribution < -0.4 is 9.47 Å². The third-order valence-corrected chi connectivity index (χ3v) is 7.73. The zero-order chi connectivity index (χ0) is 44.1. The minimum Gasteiger partial charge on any atom is -0.476 e. The van der Waals surface area contributed by atoms with Crippen molar-refractivity contribution in [1.29, 1.82) is 0 Å². The molecule has 0 aliphatic heterocycles. The molecule has 7 rings (SSSR count). The van der Waals surface area contributed by atoms with Gasteiger partial charge in [-0.05, 0) is 42.0 Å². The molecule has 0 fully saturated rings. The van der Waals surface area contributed by atoms with Gasteiger partial charge in [-0.1, -0.05) is 30.3 Å². The van der Waals surface area contributed by atoms with Crippen LogP contribution in [0.25, 0.3) is 33.9 Å². The molecule has 3 aromatic carbocycles. The molecule has 0 saturated heterocycles. The molecule has 4 aromatic heterocycles. The van der Waals surface area contributed by atoms with Gasteiger partial charge in [-0.2, -0.15) is 10.2 Å². The highest BCUT2D eigenvalue weighted by Gasteiger charge is 2.33. The first-order valence-corrected chi connectivity index (χ1v) is 16.8. The third-order valence-electron chi connectivity index (χ3n) is 7.73. The summed E-state index contributed by atoms with van der Waals surface area (Å²) >= 11 is 0. The number of carbonyl (C=O) groups is 2. The van der Waals surface area contributed by atoms with E-state index in [4.69, 9.17) is 9.84 Å². The van der Waals surface area contributed by atoms with Crippen LogP contribution in [0.4, 0.5) is 43.9 Å². The van der Waals surface area contributed by atoms with Gasteiger partial charge in [0.05, 0.1) is 47.6 Å². The third kappa shape index (κ3) is 11.5. The molecule has 7 aromatic rings. The van der Waals surface area contributed by atoms with Crippen molar-refractivity contribution in [3.8, 4) is 45.4 Å². The van der Waals surface area contributed by atoms with Crippen molar-refractivity contribution < 1.29 is 72.8 Å². The van der Waals surface area contributed by atoms with Crippen LogP contribution in [0.3, 0.4) is 0 Å². The number of aromatic carboxylic acids is 1. The second-order valence-electron chi connectivity index (χ2n) is 12.2. The number of rotatable bonds is 10. The van der Waals surface area contributed by atoms with Crippen molar-refractivity contribution in [2.75, 3.05) is 0 Å². The average Bonchev–Trinajstić information content (AvgIpc) is 3.83. The first kappa shape index (κ1) is 42.8. The Kier molecular flexibility index (Phi) is 12.4. The van der Waals surface area contributed by atoms with E-state index in [1.165, 1.54) is 12.3 Å². The van der Waals surface area contributed by atoms with Gasteiger partial charge in [-0.15, -0.1) is 26.3 Å². The van der Waals surface area contributed by atoms with E-state index < -0.39 is 65.1 Å². The number of hydrogen-bond donors (Lipinski definition) is 1. The van der Waals surface area contributed by atoms with Crippen LogP contribution in [0.2, 0.25) is 0 Å². The molecule has 0 spiro atoms. The molecular formula is C39H22F10N6O6. The molecule has 4 heterocycles. The summed E-state index contributed by atoms with van der Waals surface area (Å²) < 4.78 is 145. The molecule has 0 atom stereocenters. The van der Waals surface area contributed by atoms with Crippen LogP contribution in [0, 0.1) is 23.3 Å². The van der Waals surface area contributed by atoms with Gasteiger partial charge < -0.3 is 19.3 Å². The second-order valence-corrected chi connectivity index (χ2v) is 12.2. The Labute approximate surface area is 334 Å². The lowest BCUT2D eigenvalue weighted by Crippen LogP contribution is -2.17. The number of esters is 1. The summed E-state index contributed by atoms with van der Waals surface area (Å²) in [4.78, 5) is 31.1. The van der Waals surface area contributed by atoms with E-state index in [0.717, 1.165) is 70.4 Å². The first-order valence-electron chi connectivity index (χ1n) is 16.8. The molecule has 22 heteroatoms. The van der Waals surface area contributed by atoms with Crippen LogP contribution in [-0.4, -0.2) is 59.3 Å². The molecule has 0 saturated carbocycles. The number of pyridine rings is 2. The quantitative estimate of drug-likeness (QED) is 0.104. The van der Waals surface area contributed by atoms with Gasteiger partial charge in [0.2, 0.25) is 0 Å². The highest BCUT2D eigenvalue weighted by molar-refractivity contribution is 5.89. The SMILES string of the molecule is O=C(O)c1cc(-c2cc(F)cc(OC(F)(F)F)c2)n(-c2cncc(F)c2)n1.O=C(OCc1ccccc1)c1cc(-c2cc(F)cc(OC(F)(F)F)c2)n(-c2cncc(F)c2)n1. The summed E-state index contributed by atoms with van der Waals surface area (Å²) in [6, 6.07) is 17.6. The number of halogens is 10. The van der Waals surface area contributed by atoms with Gasteiger partial charge in [0, 0.05) is 35.4 Å². The van der Waals surface area contributed by atoms with Gasteiger partial charge in [0.15, 0.2) is 11.4 Å². The van der Waals surface area contributed by atoms with E-state index >= 15 is 0 Å². The number of nitrogens with zero attached hydrogens (tertiary/aromatic N) is 6. The van der Waals surface area contributed by atoms with Gasteiger partial charge in [0.1, 0.15) is 41.4 Å². The summed E-state index contributed by atoms with van der Waals surface area (Å²) in [7, 11) is 0. The Morgan fingerprint density at radius 3 is 1.48 bits per heavy atom. The molecule has 0 aliphatic carbocycles. The fourth-order valence-electron chi connectivity index (χ4n) is 5.41. The Balaban J connectivity index is 0.000000210. The van der Waals surface area contributed by atoms with E-state index in [2.05, 4.69) is 29.6 Å². The Bertz CT molecular complexity index is 2700. The zero-order valence-corrected chi connectivity index (χ0v) is 30.1. The van der Waals surface area contributed by atoms with Crippen LogP contribution in [0.5, 0.6) is 11.5 Å². The van der Waals surface area contributed by atoms with Crippen LogP contribution >= 0.6 is 0 Å². The van der Waals surface area contributed by atoms with Crippen molar-refractivity contribution in [3.05, 3.63) is 156 Å². The zero-order valence-electron chi connectivity index (χ0n) is 30.1. The first-order chi connectivity index (χ1) is 28.8. The largest absolute Gasteiger partial charge is 0.573 e. The Morgan fingerprint density at radius 2 is 1.03 bits per heavy atom. The summed E-state index contributed by atoms with van der Waals surface area (Å²) in [6.07, 6.45) is -5.92. The van der Waals surface area contributed by atoms with Crippen LogP contribution in [0.15, 0.2) is 116 Å². The fraction of sp³-hybridized carbons (Fsp3) is 0.0769. The predicted octanol–water partition coefficient (Wildman–Crippen LogP) is 9.28. The van der Waals surface area contributed by atoms with Crippen molar-refractivity contribution in [3.63, 3.8) is 0 Å². The van der Waals surface area contributed by atoms with Crippen molar-refractivity contribution in [2.24, 2.45) is 0 Å². The number of hydrogen-bond acceptors (Lipinski definition) is 9. The van der Waals surface area contributed by atoms with Crippen molar-refractivity contribution in [2.45, 2.75) is 19.3 Å². The molecule has 12 nitrogen and oxygen atoms in total. The molecule has 0 aliphatic rings. The van der Waals surface area contributed by atoms with Crippen molar-refractivity contribution in [1.82, 2.24) is 29.5 Å². The van der Waals surface area contributed by atoms with Crippen LogP contribution in [0.1, 0.15) is 26.5 Å². The second kappa shape index (κ2) is 17.6. The number of carboxylic acids is 1. The summed E-state index contributed by atoms with van der Waals surface area (Å²) in [5.74, 6) is -7.54. The maximum atomic E-state index is 14.1. The van der Waals surface area contributed by atoms with Crippen molar-refractivity contribution >= 4 is 11.9 Å². The van der Waals surface area contributed by atoms with E-state index in [1.54, 1.807) is 30.3 Å². The molecule has 314 valence electrons. The number of alkyl halides is 6. The Morgan fingerprint density at radius 1 is 0.574 bits per heavy atom. The van der Waals surface area contributed by atoms with E-state index in [0.29, 0.717) is 17.7 Å². The van der Waals surface area contributed by atoms with Gasteiger partial charge in [-0.25, -0.2) is 36.5 Å². The fourth-order valence-corrected chi connectivity index (χ4v) is 5.41. The van der Waals surface area contributed by atoms with Gasteiger partial charge in [0.25, 0.3) is 0 Å². The average molecular weight is 861 g/mol. The molecular weight excluding hydrogens is 838 g/mol. The number of carbonyl (C=O) groups excluding carboxylic acids is 1. The van der Waals surface area contributed by atoms with E-state index in [1.807, 2.05) is 0 Å². The number of ether oxygens (including phenoxy) is 3. The molecule has 61 heavy (non-hydrogen) atoms. The monoisotopic (exact) mass is 860 g/mol. The lowest BCUT2D eigenvalue weighted by Gasteiger charge is -2.12. The lowest BCUT2D eigenvalue weighted by molar-refractivity contribution is -0.275. The molecule has 0 radical (unpaired) electrons. The minimum absolute atomic E-state index is 0.0138. The van der Waals surface area contributed by atoms with E-state index in [9.17, 15) is 53.5 Å². The lowest BCUT2D eigenvalue weighted by atomic mass is 10.1. The van der Waals surface area contributed by atoms with Gasteiger partial charge in [-0.3, -0.25) is 9.97 Å². The van der Waals surface area contributed by atoms with E-state index in [-0.39, 0.29) is 46.2 Å². The minimum atomic E-state index is -5.05. The maximum Gasteiger partial charge on any atom is 0.573 e. The summed E-state index contributed by atoms with van der Waals surface area (Å²) in [6.45, 7) is -0.0626. The Hall–Kier alpha value is -7.78. The molecule has 0 amide bonds. The predicted molar refractivity (Wildman–Crippen MR) is 189 cm³/mol. The maximum absolute atomic E-state index is 14.1.